The first-order valence-corrected chi connectivity index (χ1v) is 7.22. The van der Waals surface area contributed by atoms with Crippen molar-refractivity contribution in [2.24, 2.45) is 0 Å². The van der Waals surface area contributed by atoms with E-state index >= 15 is 0 Å². The average molecular weight is 362 g/mol. The summed E-state index contributed by atoms with van der Waals surface area (Å²) in [6.07, 6.45) is -3.35. The number of anilines is 1. The van der Waals surface area contributed by atoms with E-state index in [0.29, 0.717) is 5.56 Å². The number of hydrogen-bond acceptors (Lipinski definition) is 4. The van der Waals surface area contributed by atoms with Gasteiger partial charge in [-0.25, -0.2) is 0 Å². The number of halogens is 3. The SMILES string of the molecule is COc1ccc(/C=C(\C#N)C(=O)Nc2cccc(C(F)(F)F)c2)cc1O. The van der Waals surface area contributed by atoms with E-state index in [1.165, 1.54) is 37.5 Å². The van der Waals surface area contributed by atoms with Crippen LogP contribution in [-0.2, 0) is 11.0 Å². The number of nitrogens with zero attached hydrogens (tertiary/aromatic N) is 1. The summed E-state index contributed by atoms with van der Waals surface area (Å²) in [5.74, 6) is -0.840. The third-order valence-electron chi connectivity index (χ3n) is 3.33. The summed E-state index contributed by atoms with van der Waals surface area (Å²) < 4.78 is 43.0. The van der Waals surface area contributed by atoms with Crippen molar-refractivity contribution in [2.75, 3.05) is 12.4 Å². The minimum absolute atomic E-state index is 0.0939. The average Bonchev–Trinajstić information content (AvgIpc) is 2.59. The van der Waals surface area contributed by atoms with Gasteiger partial charge in [0.2, 0.25) is 0 Å². The lowest BCUT2D eigenvalue weighted by atomic mass is 10.1. The highest BCUT2D eigenvalue weighted by molar-refractivity contribution is 6.09. The topological polar surface area (TPSA) is 82.3 Å². The summed E-state index contributed by atoms with van der Waals surface area (Å²) in [6, 6.07) is 9.99. The molecule has 0 radical (unpaired) electrons. The quantitative estimate of drug-likeness (QED) is 0.637. The number of carbonyl (C=O) groups excluding carboxylic acids is 1. The molecule has 0 saturated carbocycles. The molecule has 8 heteroatoms. The van der Waals surface area contributed by atoms with Crippen molar-refractivity contribution in [3.63, 3.8) is 0 Å². The molecular weight excluding hydrogens is 349 g/mol. The monoisotopic (exact) mass is 362 g/mol. The van der Waals surface area contributed by atoms with Crippen molar-refractivity contribution in [3.8, 4) is 17.6 Å². The fourth-order valence-electron chi connectivity index (χ4n) is 2.08. The van der Waals surface area contributed by atoms with E-state index in [0.717, 1.165) is 18.2 Å². The van der Waals surface area contributed by atoms with Crippen LogP contribution >= 0.6 is 0 Å². The second kappa shape index (κ2) is 7.61. The number of ether oxygens (including phenoxy) is 1. The Labute approximate surface area is 146 Å². The number of rotatable bonds is 4. The summed E-state index contributed by atoms with van der Waals surface area (Å²) in [7, 11) is 1.37. The van der Waals surface area contributed by atoms with Crippen LogP contribution in [0.5, 0.6) is 11.5 Å². The number of hydrogen-bond donors (Lipinski definition) is 2. The van der Waals surface area contributed by atoms with Crippen LogP contribution < -0.4 is 10.1 Å². The maximum absolute atomic E-state index is 12.7. The molecule has 0 aromatic heterocycles. The van der Waals surface area contributed by atoms with Gasteiger partial charge in [0.1, 0.15) is 11.6 Å². The second-order valence-corrected chi connectivity index (χ2v) is 5.13. The highest BCUT2D eigenvalue weighted by Gasteiger charge is 2.30. The molecule has 2 aromatic carbocycles. The minimum atomic E-state index is -4.55. The number of amides is 1. The maximum atomic E-state index is 12.7. The predicted octanol–water partition coefficient (Wildman–Crippen LogP) is 3.97. The third kappa shape index (κ3) is 4.54. The van der Waals surface area contributed by atoms with Crippen LogP contribution in [0.3, 0.4) is 0 Å². The molecule has 0 unspecified atom stereocenters. The molecule has 0 saturated heterocycles. The lowest BCUT2D eigenvalue weighted by molar-refractivity contribution is -0.137. The molecule has 1 amide bonds. The van der Waals surface area contributed by atoms with Gasteiger partial charge in [0.05, 0.1) is 12.7 Å². The summed E-state index contributed by atoms with van der Waals surface area (Å²) >= 11 is 0. The molecule has 2 N–H and O–H groups in total. The molecule has 5 nitrogen and oxygen atoms in total. The Kier molecular flexibility index (Phi) is 5.52. The van der Waals surface area contributed by atoms with Gasteiger partial charge < -0.3 is 15.2 Å². The normalized spacial score (nSPS) is 11.6. The molecule has 26 heavy (non-hydrogen) atoms. The molecule has 0 spiro atoms. The van der Waals surface area contributed by atoms with Gasteiger partial charge in [-0.2, -0.15) is 18.4 Å². The van der Waals surface area contributed by atoms with Gasteiger partial charge >= 0.3 is 6.18 Å². The van der Waals surface area contributed by atoms with Gasteiger partial charge in [0, 0.05) is 5.69 Å². The van der Waals surface area contributed by atoms with E-state index in [1.54, 1.807) is 6.07 Å². The van der Waals surface area contributed by atoms with Crippen molar-refractivity contribution in [3.05, 3.63) is 59.2 Å². The standard InChI is InChI=1S/C18H13F3N2O3/c1-26-16-6-5-11(8-15(16)24)7-12(10-22)17(25)23-14-4-2-3-13(9-14)18(19,20)21/h2-9,24H,1H3,(H,23,25)/b12-7+. The van der Waals surface area contributed by atoms with Gasteiger partial charge in [-0.05, 0) is 42.0 Å². The molecule has 134 valence electrons. The number of aromatic hydroxyl groups is 1. The first-order chi connectivity index (χ1) is 12.2. The van der Waals surface area contributed by atoms with E-state index in [2.05, 4.69) is 5.32 Å². The van der Waals surface area contributed by atoms with Crippen LogP contribution in [0, 0.1) is 11.3 Å². The molecule has 0 aliphatic carbocycles. The zero-order valence-corrected chi connectivity index (χ0v) is 13.5. The van der Waals surface area contributed by atoms with Gasteiger partial charge in [-0.3, -0.25) is 4.79 Å². The van der Waals surface area contributed by atoms with E-state index in [1.807, 2.05) is 0 Å². The highest BCUT2D eigenvalue weighted by atomic mass is 19.4. The number of phenolic OH excluding ortho intramolecular Hbond substituents is 1. The van der Waals surface area contributed by atoms with E-state index < -0.39 is 17.6 Å². The number of nitriles is 1. The minimum Gasteiger partial charge on any atom is -0.504 e. The highest BCUT2D eigenvalue weighted by Crippen LogP contribution is 2.31. The van der Waals surface area contributed by atoms with E-state index in [9.17, 15) is 23.1 Å². The summed E-state index contributed by atoms with van der Waals surface area (Å²) in [5.41, 5.74) is -1.01. The van der Waals surface area contributed by atoms with Crippen molar-refractivity contribution in [1.82, 2.24) is 0 Å². The summed E-state index contributed by atoms with van der Waals surface area (Å²) in [6.45, 7) is 0. The second-order valence-electron chi connectivity index (χ2n) is 5.13. The lowest BCUT2D eigenvalue weighted by Gasteiger charge is -2.09. The number of benzene rings is 2. The fourth-order valence-corrected chi connectivity index (χ4v) is 2.08. The third-order valence-corrected chi connectivity index (χ3v) is 3.33. The maximum Gasteiger partial charge on any atom is 0.416 e. The Morgan fingerprint density at radius 1 is 1.27 bits per heavy atom. The predicted molar refractivity (Wildman–Crippen MR) is 88.3 cm³/mol. The first-order valence-electron chi connectivity index (χ1n) is 7.22. The molecule has 2 aromatic rings. The van der Waals surface area contributed by atoms with Crippen LogP contribution in [0.2, 0.25) is 0 Å². The first kappa shape index (κ1) is 18.9. The Balaban J connectivity index is 2.24. The molecular formula is C18H13F3N2O3. The Bertz CT molecular complexity index is 899. The van der Waals surface area contributed by atoms with Crippen LogP contribution in [0.1, 0.15) is 11.1 Å². The van der Waals surface area contributed by atoms with Crippen LogP contribution in [0.4, 0.5) is 18.9 Å². The van der Waals surface area contributed by atoms with Crippen LogP contribution in [0.25, 0.3) is 6.08 Å². The largest absolute Gasteiger partial charge is 0.504 e. The van der Waals surface area contributed by atoms with Gasteiger partial charge in [-0.15, -0.1) is 0 Å². The van der Waals surface area contributed by atoms with Gasteiger partial charge in [-0.1, -0.05) is 12.1 Å². The number of carbonyl (C=O) groups is 1. The van der Waals surface area contributed by atoms with Crippen molar-refractivity contribution < 1.29 is 27.8 Å². The Morgan fingerprint density at radius 3 is 2.58 bits per heavy atom. The number of alkyl halides is 3. The molecule has 0 bridgehead atoms. The number of methoxy groups -OCH3 is 1. The van der Waals surface area contributed by atoms with Gasteiger partial charge in [0.25, 0.3) is 5.91 Å². The van der Waals surface area contributed by atoms with E-state index in [4.69, 9.17) is 10.00 Å². The number of nitrogens with one attached hydrogen (secondary N) is 1. The molecule has 0 atom stereocenters. The Hall–Kier alpha value is -3.47. The lowest BCUT2D eigenvalue weighted by Crippen LogP contribution is -2.14. The van der Waals surface area contributed by atoms with E-state index in [-0.39, 0.29) is 22.8 Å². The van der Waals surface area contributed by atoms with Crippen molar-refractivity contribution >= 4 is 17.7 Å². The zero-order chi connectivity index (χ0) is 19.3. The van der Waals surface area contributed by atoms with Crippen LogP contribution in [0.15, 0.2) is 48.0 Å². The molecule has 0 aliphatic heterocycles. The van der Waals surface area contributed by atoms with Gasteiger partial charge in [0.15, 0.2) is 11.5 Å². The number of phenols is 1. The molecule has 0 fully saturated rings. The molecule has 0 aliphatic rings. The van der Waals surface area contributed by atoms with Crippen LogP contribution in [-0.4, -0.2) is 18.1 Å². The van der Waals surface area contributed by atoms with Crippen molar-refractivity contribution in [2.45, 2.75) is 6.18 Å². The van der Waals surface area contributed by atoms with Crippen molar-refractivity contribution in [1.29, 1.82) is 5.26 Å². The summed E-state index contributed by atoms with van der Waals surface area (Å²) in [4.78, 5) is 12.1. The molecule has 2 rings (SSSR count). The molecule has 0 heterocycles. The fraction of sp³-hybridized carbons (Fsp3) is 0.111. The Morgan fingerprint density at radius 2 is 2.00 bits per heavy atom. The zero-order valence-electron chi connectivity index (χ0n) is 13.5. The smallest absolute Gasteiger partial charge is 0.416 e. The summed E-state index contributed by atoms with van der Waals surface area (Å²) in [5, 5.41) is 21.1.